The molecule has 39 heavy (non-hydrogen) atoms. The fraction of sp³-hybridized carbons (Fsp3) is 0.310. The van der Waals surface area contributed by atoms with Gasteiger partial charge in [-0.05, 0) is 61.6 Å². The zero-order valence-corrected chi connectivity index (χ0v) is 22.4. The lowest BCUT2D eigenvalue weighted by molar-refractivity contribution is 0.0827. The quantitative estimate of drug-likeness (QED) is 0.271. The van der Waals surface area contributed by atoms with Gasteiger partial charge in [-0.25, -0.2) is 4.98 Å². The first-order valence-corrected chi connectivity index (χ1v) is 13.0. The van der Waals surface area contributed by atoms with Gasteiger partial charge in [-0.2, -0.15) is 9.97 Å². The van der Waals surface area contributed by atoms with Gasteiger partial charge in [0.05, 0.1) is 18.2 Å². The van der Waals surface area contributed by atoms with Crippen LogP contribution in [0.4, 0.5) is 11.6 Å². The zero-order valence-electron chi connectivity index (χ0n) is 22.4. The number of methoxy groups -OCH3 is 1. The number of rotatable bonds is 7. The Balaban J connectivity index is 1.41. The molecule has 2 aromatic carbocycles. The third kappa shape index (κ3) is 4.73. The van der Waals surface area contributed by atoms with Crippen molar-refractivity contribution in [2.75, 3.05) is 26.5 Å². The molecule has 1 aliphatic carbocycles. The van der Waals surface area contributed by atoms with Crippen molar-refractivity contribution in [3.63, 3.8) is 0 Å². The number of anilines is 2. The van der Waals surface area contributed by atoms with Crippen molar-refractivity contribution in [3.05, 3.63) is 54.0 Å². The minimum Gasteiger partial charge on any atom is -0.495 e. The molecule has 2 N–H and O–H groups in total. The average Bonchev–Trinajstić information content (AvgIpc) is 3.67. The molecule has 10 heteroatoms. The van der Waals surface area contributed by atoms with E-state index in [-0.39, 0.29) is 12.0 Å². The number of benzene rings is 2. The fourth-order valence-corrected chi connectivity index (χ4v) is 5.05. The van der Waals surface area contributed by atoms with Crippen LogP contribution in [0.5, 0.6) is 11.6 Å². The highest BCUT2D eigenvalue weighted by Gasteiger charge is 2.23. The first-order chi connectivity index (χ1) is 18.9. The first-order valence-electron chi connectivity index (χ1n) is 13.0. The van der Waals surface area contributed by atoms with Crippen LogP contribution in [0, 0.1) is 6.92 Å². The minimum absolute atomic E-state index is 0.101. The number of aryl methyl sites for hydroxylation is 1. The molecule has 0 atom stereocenters. The highest BCUT2D eigenvalue weighted by Crippen LogP contribution is 2.38. The smallest absolute Gasteiger partial charge is 0.253 e. The molecule has 0 aliphatic heterocycles. The Kier molecular flexibility index (Phi) is 6.30. The SMILES string of the molecule is COc1cc(C(=O)N(C)C)ccc1Nc1nc(OC2CCCC2)c2c(-c3ccc4nc(C)oc4c3)c[nH]c2n1. The summed E-state index contributed by atoms with van der Waals surface area (Å²) in [7, 11) is 4.99. The third-order valence-corrected chi connectivity index (χ3v) is 6.99. The van der Waals surface area contributed by atoms with E-state index in [9.17, 15) is 4.79 Å². The van der Waals surface area contributed by atoms with Gasteiger partial charge in [-0.15, -0.1) is 0 Å². The Hall–Kier alpha value is -4.60. The van der Waals surface area contributed by atoms with Crippen LogP contribution < -0.4 is 14.8 Å². The van der Waals surface area contributed by atoms with Crippen LogP contribution >= 0.6 is 0 Å². The largest absolute Gasteiger partial charge is 0.495 e. The van der Waals surface area contributed by atoms with Crippen molar-refractivity contribution in [1.29, 1.82) is 0 Å². The van der Waals surface area contributed by atoms with Crippen molar-refractivity contribution in [2.24, 2.45) is 0 Å². The van der Waals surface area contributed by atoms with Crippen LogP contribution in [0.2, 0.25) is 0 Å². The molecular weight excluding hydrogens is 496 g/mol. The molecule has 1 aliphatic rings. The lowest BCUT2D eigenvalue weighted by Gasteiger charge is -2.16. The summed E-state index contributed by atoms with van der Waals surface area (Å²) < 4.78 is 17.8. The van der Waals surface area contributed by atoms with Gasteiger partial charge in [-0.1, -0.05) is 6.07 Å². The molecule has 1 amide bonds. The number of amides is 1. The standard InChI is InChI=1S/C29H30N6O4/c1-16-31-22-11-9-17(13-24(22)38-16)20-15-30-26-25(20)27(39-19-7-5-6-8-19)34-29(33-26)32-21-12-10-18(14-23(21)37-4)28(36)35(2)3/h9-15,19H,5-8H2,1-4H3,(H2,30,32,33,34). The molecule has 0 bridgehead atoms. The Morgan fingerprint density at radius 1 is 1.10 bits per heavy atom. The van der Waals surface area contributed by atoms with Gasteiger partial charge < -0.3 is 29.1 Å². The summed E-state index contributed by atoms with van der Waals surface area (Å²) in [5.41, 5.74) is 5.21. The highest BCUT2D eigenvalue weighted by molar-refractivity contribution is 5.99. The number of aromatic amines is 1. The average molecular weight is 527 g/mol. The van der Waals surface area contributed by atoms with Gasteiger partial charge in [0.15, 0.2) is 11.5 Å². The topological polar surface area (TPSA) is 118 Å². The van der Waals surface area contributed by atoms with E-state index in [4.69, 9.17) is 23.9 Å². The molecule has 5 aromatic rings. The third-order valence-electron chi connectivity index (χ3n) is 6.99. The second-order valence-corrected chi connectivity index (χ2v) is 9.96. The number of nitrogens with zero attached hydrogens (tertiary/aromatic N) is 4. The number of carbonyl (C=O) groups is 1. The van der Waals surface area contributed by atoms with Crippen LogP contribution in [0.15, 0.2) is 47.0 Å². The summed E-state index contributed by atoms with van der Waals surface area (Å²) in [5, 5.41) is 4.06. The van der Waals surface area contributed by atoms with Crippen molar-refractivity contribution in [2.45, 2.75) is 38.7 Å². The highest BCUT2D eigenvalue weighted by atomic mass is 16.5. The fourth-order valence-electron chi connectivity index (χ4n) is 5.05. The molecule has 200 valence electrons. The molecule has 1 saturated carbocycles. The second kappa shape index (κ2) is 9.94. The van der Waals surface area contributed by atoms with Crippen LogP contribution in [0.25, 0.3) is 33.3 Å². The van der Waals surface area contributed by atoms with E-state index < -0.39 is 0 Å². The van der Waals surface area contributed by atoms with Gasteiger partial charge >= 0.3 is 0 Å². The van der Waals surface area contributed by atoms with Crippen LogP contribution in [0.1, 0.15) is 41.9 Å². The number of carbonyl (C=O) groups excluding carboxylic acids is 1. The first kappa shape index (κ1) is 24.7. The Morgan fingerprint density at radius 2 is 1.92 bits per heavy atom. The van der Waals surface area contributed by atoms with E-state index in [1.165, 1.54) is 4.90 Å². The molecule has 0 saturated heterocycles. The number of nitrogens with one attached hydrogen (secondary N) is 2. The molecule has 3 heterocycles. The number of hydrogen-bond donors (Lipinski definition) is 2. The summed E-state index contributed by atoms with van der Waals surface area (Å²) >= 11 is 0. The molecular formula is C29H30N6O4. The van der Waals surface area contributed by atoms with E-state index in [0.717, 1.165) is 53.3 Å². The number of aromatic nitrogens is 4. The lowest BCUT2D eigenvalue weighted by atomic mass is 10.1. The summed E-state index contributed by atoms with van der Waals surface area (Å²) in [5.74, 6) is 1.89. The van der Waals surface area contributed by atoms with E-state index >= 15 is 0 Å². The van der Waals surface area contributed by atoms with Gasteiger partial charge in [0.1, 0.15) is 23.0 Å². The summed E-state index contributed by atoms with van der Waals surface area (Å²) in [6.07, 6.45) is 6.28. The number of ether oxygens (including phenoxy) is 2. The van der Waals surface area contributed by atoms with Gasteiger partial charge in [-0.3, -0.25) is 4.79 Å². The summed E-state index contributed by atoms with van der Waals surface area (Å²) in [6, 6.07) is 11.2. The Morgan fingerprint density at radius 3 is 2.69 bits per heavy atom. The summed E-state index contributed by atoms with van der Waals surface area (Å²) in [4.78, 5) is 31.2. The van der Waals surface area contributed by atoms with Crippen LogP contribution in [-0.2, 0) is 0 Å². The van der Waals surface area contributed by atoms with E-state index in [2.05, 4.69) is 15.3 Å². The normalized spacial score (nSPS) is 13.7. The number of hydrogen-bond acceptors (Lipinski definition) is 8. The number of oxazole rings is 1. The molecule has 1 fully saturated rings. The van der Waals surface area contributed by atoms with E-state index in [1.807, 2.05) is 31.3 Å². The van der Waals surface area contributed by atoms with Gasteiger partial charge in [0, 0.05) is 38.3 Å². The van der Waals surface area contributed by atoms with Gasteiger partial charge in [0.2, 0.25) is 11.8 Å². The molecule has 3 aromatic heterocycles. The van der Waals surface area contributed by atoms with Crippen molar-refractivity contribution in [3.8, 4) is 22.8 Å². The van der Waals surface area contributed by atoms with E-state index in [0.29, 0.717) is 40.4 Å². The van der Waals surface area contributed by atoms with Crippen LogP contribution in [0.3, 0.4) is 0 Å². The maximum Gasteiger partial charge on any atom is 0.253 e. The molecule has 0 unspecified atom stereocenters. The van der Waals surface area contributed by atoms with Crippen molar-refractivity contribution in [1.82, 2.24) is 24.8 Å². The molecule has 10 nitrogen and oxygen atoms in total. The minimum atomic E-state index is -0.109. The van der Waals surface area contributed by atoms with Crippen molar-refractivity contribution < 1.29 is 18.7 Å². The zero-order chi connectivity index (χ0) is 27.1. The van der Waals surface area contributed by atoms with Crippen LogP contribution in [-0.4, -0.2) is 58.1 Å². The summed E-state index contributed by atoms with van der Waals surface area (Å²) in [6.45, 7) is 1.84. The van der Waals surface area contributed by atoms with Crippen molar-refractivity contribution >= 4 is 39.7 Å². The number of fused-ring (bicyclic) bond motifs is 2. The Labute approximate surface area is 225 Å². The maximum atomic E-state index is 12.4. The predicted octanol–water partition coefficient (Wildman–Crippen LogP) is 5.85. The molecule has 6 rings (SSSR count). The number of H-pyrrole nitrogens is 1. The maximum absolute atomic E-state index is 12.4. The monoisotopic (exact) mass is 526 g/mol. The van der Waals surface area contributed by atoms with Gasteiger partial charge in [0.25, 0.3) is 5.91 Å². The second-order valence-electron chi connectivity index (χ2n) is 9.96. The molecule has 0 radical (unpaired) electrons. The predicted molar refractivity (Wildman–Crippen MR) is 149 cm³/mol. The van der Waals surface area contributed by atoms with E-state index in [1.54, 1.807) is 39.4 Å². The Bertz CT molecular complexity index is 1680. The lowest BCUT2D eigenvalue weighted by Crippen LogP contribution is -2.21. The molecule has 0 spiro atoms.